The molecule has 0 radical (unpaired) electrons. The molecule has 3 heterocycles. The van der Waals surface area contributed by atoms with Crippen LogP contribution in [0, 0.1) is 11.7 Å². The molecule has 1 aromatic carbocycles. The number of halogens is 1. The third-order valence-corrected chi connectivity index (χ3v) is 6.12. The van der Waals surface area contributed by atoms with E-state index in [1.54, 1.807) is 30.0 Å². The maximum absolute atomic E-state index is 14.6. The molecule has 7 heteroatoms. The maximum Gasteiger partial charge on any atom is 0.271 e. The van der Waals surface area contributed by atoms with Crippen LogP contribution in [0.3, 0.4) is 0 Å². The van der Waals surface area contributed by atoms with E-state index in [9.17, 15) is 14.0 Å². The number of benzene rings is 1. The van der Waals surface area contributed by atoms with Crippen LogP contribution in [0.5, 0.6) is 0 Å². The minimum Gasteiger partial charge on any atom is -0.378 e. The minimum absolute atomic E-state index is 0.0820. The van der Waals surface area contributed by atoms with Gasteiger partial charge in [-0.25, -0.2) is 9.49 Å². The van der Waals surface area contributed by atoms with Crippen LogP contribution in [-0.4, -0.2) is 46.8 Å². The van der Waals surface area contributed by atoms with Crippen LogP contribution in [0.2, 0.25) is 0 Å². The number of aromatic amines is 1. The van der Waals surface area contributed by atoms with Crippen molar-refractivity contribution in [2.24, 2.45) is 5.92 Å². The molecule has 30 heavy (non-hydrogen) atoms. The zero-order valence-electron chi connectivity index (χ0n) is 17.3. The van der Waals surface area contributed by atoms with E-state index in [2.05, 4.69) is 10.2 Å². The number of rotatable bonds is 3. The smallest absolute Gasteiger partial charge is 0.271 e. The van der Waals surface area contributed by atoms with E-state index in [0.717, 1.165) is 30.2 Å². The molecule has 158 valence electrons. The lowest BCUT2D eigenvalue weighted by molar-refractivity contribution is 0.0304. The summed E-state index contributed by atoms with van der Waals surface area (Å²) in [6.07, 6.45) is 5.94. The van der Waals surface area contributed by atoms with Gasteiger partial charge in [0.25, 0.3) is 11.5 Å². The zero-order valence-corrected chi connectivity index (χ0v) is 17.3. The van der Waals surface area contributed by atoms with E-state index in [0.29, 0.717) is 36.3 Å². The number of piperidine rings is 1. The summed E-state index contributed by atoms with van der Waals surface area (Å²) in [5.41, 5.74) is 1.28. The standard InChI is InChI=1S/C23H26FN3O3/c1-3-16-17(4-2)22(28)26-25-20(16)12-14-5-6-19(24)18(11-14)23(29)27-9-7-21-15(13-27)8-10-30-21/h3-6,11,15,21H,7-10,12-13H2,1-2H3,(H,26,28). The zero-order chi connectivity index (χ0) is 21.3. The van der Waals surface area contributed by atoms with Crippen LogP contribution in [0.4, 0.5) is 4.39 Å². The molecule has 2 atom stereocenters. The van der Waals surface area contributed by atoms with Gasteiger partial charge in [0, 0.05) is 42.5 Å². The number of fused-ring (bicyclic) bond motifs is 1. The highest BCUT2D eigenvalue weighted by Gasteiger charge is 2.36. The molecule has 0 saturated carbocycles. The van der Waals surface area contributed by atoms with E-state index in [4.69, 9.17) is 4.74 Å². The Morgan fingerprint density at radius 3 is 2.87 bits per heavy atom. The number of hydrogen-bond donors (Lipinski definition) is 1. The molecule has 2 aliphatic rings. The van der Waals surface area contributed by atoms with Crippen LogP contribution < -0.4 is 16.0 Å². The summed E-state index contributed by atoms with van der Waals surface area (Å²) in [4.78, 5) is 26.8. The fourth-order valence-electron chi connectivity index (χ4n) is 4.53. The van der Waals surface area contributed by atoms with Gasteiger partial charge in [-0.2, -0.15) is 5.10 Å². The summed E-state index contributed by atoms with van der Waals surface area (Å²) in [6.45, 7) is 5.58. The lowest BCUT2D eigenvalue weighted by atomic mass is 9.93. The summed E-state index contributed by atoms with van der Waals surface area (Å²) in [5, 5.41) is 8.01. The predicted octanol–water partition coefficient (Wildman–Crippen LogP) is 1.35. The van der Waals surface area contributed by atoms with Gasteiger partial charge in [0.15, 0.2) is 0 Å². The van der Waals surface area contributed by atoms with Crippen LogP contribution in [0.1, 0.15) is 48.3 Å². The number of amides is 1. The molecular weight excluding hydrogens is 385 g/mol. The van der Waals surface area contributed by atoms with Crippen molar-refractivity contribution in [3.8, 4) is 0 Å². The predicted molar refractivity (Wildman–Crippen MR) is 112 cm³/mol. The summed E-state index contributed by atoms with van der Waals surface area (Å²) >= 11 is 0. The first kappa shape index (κ1) is 20.5. The Balaban J connectivity index is 1.62. The monoisotopic (exact) mass is 411 g/mol. The number of aromatic nitrogens is 2. The molecule has 4 rings (SSSR count). The van der Waals surface area contributed by atoms with Gasteiger partial charge in [-0.3, -0.25) is 9.59 Å². The normalized spacial score (nSPS) is 22.4. The number of carbonyl (C=O) groups excluding carboxylic acids is 1. The van der Waals surface area contributed by atoms with Crippen molar-refractivity contribution in [1.29, 1.82) is 0 Å². The van der Waals surface area contributed by atoms with Gasteiger partial charge in [0.1, 0.15) is 5.82 Å². The molecule has 2 fully saturated rings. The maximum atomic E-state index is 14.6. The Kier molecular flexibility index (Phi) is 5.81. The number of H-pyrrole nitrogens is 1. The third kappa shape index (κ3) is 3.81. The summed E-state index contributed by atoms with van der Waals surface area (Å²) < 4.78 is 20.3. The highest BCUT2D eigenvalue weighted by Crippen LogP contribution is 2.29. The van der Waals surface area contributed by atoms with Crippen molar-refractivity contribution in [2.45, 2.75) is 39.2 Å². The average molecular weight is 411 g/mol. The molecular formula is C23H26FN3O3. The van der Waals surface area contributed by atoms with Gasteiger partial charge >= 0.3 is 0 Å². The van der Waals surface area contributed by atoms with E-state index >= 15 is 0 Å². The van der Waals surface area contributed by atoms with Crippen LogP contribution >= 0.6 is 0 Å². The Hall–Kier alpha value is -2.80. The molecule has 2 saturated heterocycles. The quantitative estimate of drug-likeness (QED) is 0.828. The number of nitrogens with zero attached hydrogens (tertiary/aromatic N) is 2. The lowest BCUT2D eigenvalue weighted by Crippen LogP contribution is -2.44. The Bertz CT molecular complexity index is 1140. The Labute approximate surface area is 174 Å². The van der Waals surface area contributed by atoms with Crippen molar-refractivity contribution in [2.75, 3.05) is 19.7 Å². The summed E-state index contributed by atoms with van der Waals surface area (Å²) in [7, 11) is 0. The van der Waals surface area contributed by atoms with Crippen molar-refractivity contribution in [3.05, 3.63) is 61.6 Å². The molecule has 2 aliphatic heterocycles. The minimum atomic E-state index is -0.521. The number of hydrogen-bond acceptors (Lipinski definition) is 4. The second-order valence-corrected chi connectivity index (χ2v) is 7.89. The highest BCUT2D eigenvalue weighted by atomic mass is 19.1. The topological polar surface area (TPSA) is 75.3 Å². The number of ether oxygens (including phenoxy) is 1. The fourth-order valence-corrected chi connectivity index (χ4v) is 4.53. The van der Waals surface area contributed by atoms with Crippen LogP contribution in [-0.2, 0) is 11.2 Å². The first-order valence-electron chi connectivity index (χ1n) is 10.4. The van der Waals surface area contributed by atoms with Gasteiger partial charge in [0.05, 0.1) is 17.4 Å². The van der Waals surface area contributed by atoms with E-state index in [1.165, 1.54) is 6.07 Å². The third-order valence-electron chi connectivity index (χ3n) is 6.12. The second kappa shape index (κ2) is 8.52. The van der Waals surface area contributed by atoms with Crippen molar-refractivity contribution >= 4 is 18.1 Å². The van der Waals surface area contributed by atoms with Gasteiger partial charge in [-0.15, -0.1) is 0 Å². The van der Waals surface area contributed by atoms with E-state index in [1.807, 2.05) is 13.0 Å². The molecule has 2 aromatic rings. The Morgan fingerprint density at radius 1 is 1.30 bits per heavy atom. The summed E-state index contributed by atoms with van der Waals surface area (Å²) in [6, 6.07) is 4.60. The van der Waals surface area contributed by atoms with Crippen LogP contribution in [0.15, 0.2) is 23.0 Å². The van der Waals surface area contributed by atoms with Gasteiger partial charge in [-0.1, -0.05) is 18.2 Å². The molecule has 6 nitrogen and oxygen atoms in total. The molecule has 1 N–H and O–H groups in total. The van der Waals surface area contributed by atoms with E-state index < -0.39 is 5.82 Å². The number of nitrogens with one attached hydrogen (secondary N) is 1. The van der Waals surface area contributed by atoms with Gasteiger partial charge in [0.2, 0.25) is 0 Å². The molecule has 1 amide bonds. The van der Waals surface area contributed by atoms with Gasteiger partial charge in [-0.05, 0) is 44.4 Å². The van der Waals surface area contributed by atoms with Crippen LogP contribution in [0.25, 0.3) is 12.2 Å². The molecule has 0 spiro atoms. The van der Waals surface area contributed by atoms with E-state index in [-0.39, 0.29) is 23.1 Å². The fraction of sp³-hybridized carbons (Fsp3) is 0.435. The molecule has 0 bridgehead atoms. The Morgan fingerprint density at radius 2 is 2.10 bits per heavy atom. The molecule has 0 aliphatic carbocycles. The molecule has 2 unspecified atom stereocenters. The first-order valence-corrected chi connectivity index (χ1v) is 10.4. The van der Waals surface area contributed by atoms with Crippen molar-refractivity contribution in [3.63, 3.8) is 0 Å². The first-order chi connectivity index (χ1) is 14.5. The number of carbonyl (C=O) groups is 1. The highest BCUT2D eigenvalue weighted by molar-refractivity contribution is 5.94. The largest absolute Gasteiger partial charge is 0.378 e. The van der Waals surface area contributed by atoms with Gasteiger partial charge < -0.3 is 9.64 Å². The lowest BCUT2D eigenvalue weighted by Gasteiger charge is -2.34. The van der Waals surface area contributed by atoms with Crippen molar-refractivity contribution in [1.82, 2.24) is 15.1 Å². The summed E-state index contributed by atoms with van der Waals surface area (Å²) in [5.74, 6) is -0.461. The molecule has 1 aromatic heterocycles. The second-order valence-electron chi connectivity index (χ2n) is 7.89. The van der Waals surface area contributed by atoms with Crippen molar-refractivity contribution < 1.29 is 13.9 Å². The SMILES string of the molecule is CC=c1c(Cc2ccc(F)c(C(=O)N3CCC4OCCC4C3)c2)n[nH]c(=O)c1=CC. The average Bonchev–Trinajstić information content (AvgIpc) is 3.23. The number of likely N-dealkylation sites (tertiary alicyclic amines) is 1.